The van der Waals surface area contributed by atoms with Crippen molar-refractivity contribution < 1.29 is 24.5 Å². The minimum absolute atomic E-state index is 0.0517. The van der Waals surface area contributed by atoms with Gasteiger partial charge in [0.2, 0.25) is 0 Å². The van der Waals surface area contributed by atoms with Crippen LogP contribution in [0.1, 0.15) is 12.0 Å². The number of carboxylic acid groups (broad SMARTS) is 2. The molecule has 0 saturated heterocycles. The Morgan fingerprint density at radius 3 is 2.26 bits per heavy atom. The van der Waals surface area contributed by atoms with Crippen molar-refractivity contribution in [2.45, 2.75) is 18.9 Å². The fourth-order valence-electron chi connectivity index (χ4n) is 2.13. The lowest BCUT2D eigenvalue weighted by Gasteiger charge is -2.20. The normalized spacial score (nSPS) is 11.1. The smallest absolute Gasteiger partial charge is 0.414 e. The van der Waals surface area contributed by atoms with Crippen LogP contribution in [0.15, 0.2) is 48.5 Å². The zero-order valence-corrected chi connectivity index (χ0v) is 16.2. The van der Waals surface area contributed by atoms with Crippen molar-refractivity contribution in [3.8, 4) is 5.75 Å². The molecule has 3 N–H and O–H groups in total. The molecule has 0 aromatic heterocycles. The number of hydrogen-bond acceptors (Lipinski definition) is 4. The Labute approximate surface area is 167 Å². The molecule has 0 aliphatic carbocycles. The van der Waals surface area contributed by atoms with E-state index in [4.69, 9.17) is 47.7 Å². The third-order valence-electron chi connectivity index (χ3n) is 3.39. The minimum atomic E-state index is -1.82. The van der Waals surface area contributed by atoms with E-state index in [1.165, 1.54) is 5.56 Å². The quantitative estimate of drug-likeness (QED) is 0.598. The molecule has 0 fully saturated rings. The van der Waals surface area contributed by atoms with Crippen LogP contribution in [0.3, 0.4) is 0 Å². The molecule has 0 amide bonds. The Morgan fingerprint density at radius 2 is 1.70 bits per heavy atom. The maximum Gasteiger partial charge on any atom is 0.414 e. The summed E-state index contributed by atoms with van der Waals surface area (Å²) in [6, 6.07) is 15.6. The first-order chi connectivity index (χ1) is 12.8. The first-order valence-electron chi connectivity index (χ1n) is 8.10. The highest BCUT2D eigenvalue weighted by Crippen LogP contribution is 2.29. The largest absolute Gasteiger partial charge is 0.488 e. The second-order valence-electron chi connectivity index (χ2n) is 5.51. The highest BCUT2D eigenvalue weighted by molar-refractivity contribution is 6.34. The van der Waals surface area contributed by atoms with E-state index in [9.17, 15) is 0 Å². The molecular formula is C19H21Cl2NO5. The molecule has 8 heteroatoms. The van der Waals surface area contributed by atoms with Crippen LogP contribution in [0.2, 0.25) is 10.0 Å². The number of benzene rings is 2. The van der Waals surface area contributed by atoms with Crippen LogP contribution in [0.5, 0.6) is 5.75 Å². The first kappa shape index (κ1) is 22.8. The fraction of sp³-hybridized carbons (Fsp3) is 0.263. The summed E-state index contributed by atoms with van der Waals surface area (Å²) in [5, 5.41) is 19.2. The third kappa shape index (κ3) is 9.28. The average molecular weight is 414 g/mol. The zero-order chi connectivity index (χ0) is 20.2. The number of ether oxygens (including phenoxy) is 1. The van der Waals surface area contributed by atoms with Crippen molar-refractivity contribution in [3.63, 3.8) is 0 Å². The van der Waals surface area contributed by atoms with Crippen LogP contribution in [-0.4, -0.2) is 41.8 Å². The van der Waals surface area contributed by atoms with Gasteiger partial charge in [0, 0.05) is 17.5 Å². The van der Waals surface area contributed by atoms with Crippen molar-refractivity contribution in [2.24, 2.45) is 0 Å². The lowest BCUT2D eigenvalue weighted by atomic mass is 10.1. The van der Waals surface area contributed by atoms with Crippen molar-refractivity contribution in [1.29, 1.82) is 0 Å². The molecule has 1 atom stereocenters. The maximum absolute atomic E-state index is 9.10. The van der Waals surface area contributed by atoms with Gasteiger partial charge in [0.25, 0.3) is 0 Å². The van der Waals surface area contributed by atoms with Gasteiger partial charge in [0.1, 0.15) is 11.9 Å². The monoisotopic (exact) mass is 413 g/mol. The zero-order valence-electron chi connectivity index (χ0n) is 14.7. The standard InChI is InChI=1S/C17H19Cl2NO.C2H2O4/c1-20-10-9-15(11-13-5-3-2-4-6-13)21-17-12-14(18)7-8-16(17)19;3-1(4)2(5)6/h2-8,12,15,20H,9-11H2,1H3;(H,3,4)(H,5,6)/t15-;/m0./s1. The molecule has 0 radical (unpaired) electrons. The third-order valence-corrected chi connectivity index (χ3v) is 3.94. The number of carbonyl (C=O) groups is 2. The lowest BCUT2D eigenvalue weighted by Crippen LogP contribution is -2.25. The predicted octanol–water partition coefficient (Wildman–Crippen LogP) is 3.75. The number of halogens is 2. The summed E-state index contributed by atoms with van der Waals surface area (Å²) in [6.45, 7) is 0.885. The molecule has 2 rings (SSSR count). The van der Waals surface area contributed by atoms with E-state index in [1.54, 1.807) is 18.2 Å². The predicted molar refractivity (Wildman–Crippen MR) is 105 cm³/mol. The van der Waals surface area contributed by atoms with Crippen LogP contribution in [0, 0.1) is 0 Å². The topological polar surface area (TPSA) is 95.9 Å². The molecule has 146 valence electrons. The molecule has 0 aliphatic rings. The van der Waals surface area contributed by atoms with E-state index in [-0.39, 0.29) is 6.10 Å². The second-order valence-corrected chi connectivity index (χ2v) is 6.35. The molecule has 0 heterocycles. The van der Waals surface area contributed by atoms with Crippen LogP contribution >= 0.6 is 23.2 Å². The number of nitrogens with one attached hydrogen (secondary N) is 1. The summed E-state index contributed by atoms with van der Waals surface area (Å²) in [5.41, 5.74) is 1.25. The molecule has 0 unspecified atom stereocenters. The summed E-state index contributed by atoms with van der Waals surface area (Å²) in [5.74, 6) is -3.01. The summed E-state index contributed by atoms with van der Waals surface area (Å²) < 4.78 is 6.08. The molecule has 0 bridgehead atoms. The summed E-state index contributed by atoms with van der Waals surface area (Å²) >= 11 is 12.2. The van der Waals surface area contributed by atoms with Gasteiger partial charge in [-0.25, -0.2) is 9.59 Å². The molecule has 6 nitrogen and oxygen atoms in total. The second kappa shape index (κ2) is 12.2. The Hall–Kier alpha value is -2.28. The highest BCUT2D eigenvalue weighted by atomic mass is 35.5. The summed E-state index contributed by atoms with van der Waals surface area (Å²) in [7, 11) is 1.94. The van der Waals surface area contributed by atoms with Crippen LogP contribution in [-0.2, 0) is 16.0 Å². The minimum Gasteiger partial charge on any atom is -0.488 e. The van der Waals surface area contributed by atoms with Crippen molar-refractivity contribution in [3.05, 3.63) is 64.1 Å². The van der Waals surface area contributed by atoms with Gasteiger partial charge in [0.05, 0.1) is 5.02 Å². The number of aliphatic carboxylic acids is 2. The fourth-order valence-corrected chi connectivity index (χ4v) is 2.46. The molecule has 0 spiro atoms. The molecule has 0 aliphatic heterocycles. The van der Waals surface area contributed by atoms with Crippen LogP contribution < -0.4 is 10.1 Å². The van der Waals surface area contributed by atoms with Gasteiger partial charge in [0.15, 0.2) is 0 Å². The SMILES string of the molecule is CNCC[C@@H](Cc1ccccc1)Oc1cc(Cl)ccc1Cl.O=C(O)C(=O)O. The van der Waals surface area contributed by atoms with Gasteiger partial charge in [-0.1, -0.05) is 53.5 Å². The van der Waals surface area contributed by atoms with E-state index in [2.05, 4.69) is 17.4 Å². The Bertz CT molecular complexity index is 728. The number of rotatable bonds is 7. The van der Waals surface area contributed by atoms with Gasteiger partial charge < -0.3 is 20.3 Å². The Morgan fingerprint density at radius 1 is 1.07 bits per heavy atom. The maximum atomic E-state index is 9.10. The van der Waals surface area contributed by atoms with Crippen molar-refractivity contribution in [1.82, 2.24) is 5.32 Å². The Kier molecular flexibility index (Phi) is 10.3. The first-order valence-corrected chi connectivity index (χ1v) is 8.85. The van der Waals surface area contributed by atoms with Crippen molar-refractivity contribution in [2.75, 3.05) is 13.6 Å². The summed E-state index contributed by atoms with van der Waals surface area (Å²) in [6.07, 6.45) is 1.79. The van der Waals surface area contributed by atoms with Crippen LogP contribution in [0.25, 0.3) is 0 Å². The molecular weight excluding hydrogens is 393 g/mol. The van der Waals surface area contributed by atoms with E-state index in [0.717, 1.165) is 19.4 Å². The van der Waals surface area contributed by atoms with Gasteiger partial charge >= 0.3 is 11.9 Å². The average Bonchev–Trinajstić information content (AvgIpc) is 2.64. The molecule has 0 saturated carbocycles. The van der Waals surface area contributed by atoms with Crippen LogP contribution in [0.4, 0.5) is 0 Å². The van der Waals surface area contributed by atoms with Gasteiger partial charge in [-0.15, -0.1) is 0 Å². The number of hydrogen-bond donors (Lipinski definition) is 3. The molecule has 2 aromatic rings. The van der Waals surface area contributed by atoms with Crippen molar-refractivity contribution >= 4 is 35.1 Å². The lowest BCUT2D eigenvalue weighted by molar-refractivity contribution is -0.159. The molecule has 27 heavy (non-hydrogen) atoms. The Balaban J connectivity index is 0.000000527. The number of carboxylic acids is 2. The van der Waals surface area contributed by atoms with E-state index >= 15 is 0 Å². The molecule has 2 aromatic carbocycles. The van der Waals surface area contributed by atoms with Gasteiger partial charge in [-0.3, -0.25) is 0 Å². The van der Waals surface area contributed by atoms with E-state index in [0.29, 0.717) is 15.8 Å². The van der Waals surface area contributed by atoms with E-state index < -0.39 is 11.9 Å². The van der Waals surface area contributed by atoms with E-state index in [1.807, 2.05) is 25.2 Å². The van der Waals surface area contributed by atoms with Gasteiger partial charge in [-0.05, 0) is 37.7 Å². The van der Waals surface area contributed by atoms with Gasteiger partial charge in [-0.2, -0.15) is 0 Å². The highest BCUT2D eigenvalue weighted by Gasteiger charge is 2.13. The summed E-state index contributed by atoms with van der Waals surface area (Å²) in [4.78, 5) is 18.2.